The maximum atomic E-state index is 12.4. The molecule has 0 saturated carbocycles. The number of hydrogen-bond donors (Lipinski definition) is 1. The van der Waals surface area contributed by atoms with E-state index in [2.05, 4.69) is 15.5 Å². The Bertz CT molecular complexity index is 1140. The van der Waals surface area contributed by atoms with Gasteiger partial charge in [-0.05, 0) is 34.5 Å². The van der Waals surface area contributed by atoms with Crippen molar-refractivity contribution < 1.29 is 9.21 Å². The molecule has 4 rings (SSSR count). The molecule has 0 atom stereocenters. The van der Waals surface area contributed by atoms with Crippen molar-refractivity contribution in [3.63, 3.8) is 0 Å². The average Bonchev–Trinajstić information content (AvgIpc) is 3.10. The van der Waals surface area contributed by atoms with Crippen LogP contribution in [-0.4, -0.2) is 16.1 Å². The van der Waals surface area contributed by atoms with Crippen LogP contribution >= 0.6 is 23.2 Å². The SMILES string of the molecule is O=C(Cc1cccc2ccccc12)Nc1nnc(-c2ccc(Cl)cc2Cl)o1. The van der Waals surface area contributed by atoms with Crippen LogP contribution in [0.4, 0.5) is 6.01 Å². The normalized spacial score (nSPS) is 10.9. The number of aromatic nitrogens is 2. The molecule has 0 saturated heterocycles. The van der Waals surface area contributed by atoms with E-state index in [1.54, 1.807) is 18.2 Å². The Balaban J connectivity index is 1.51. The third-order valence-corrected chi connectivity index (χ3v) is 4.61. The molecule has 1 amide bonds. The zero-order valence-electron chi connectivity index (χ0n) is 13.9. The maximum Gasteiger partial charge on any atom is 0.322 e. The molecule has 0 radical (unpaired) electrons. The number of carbonyl (C=O) groups excluding carboxylic acids is 1. The molecular formula is C20H13Cl2N3O2. The van der Waals surface area contributed by atoms with Gasteiger partial charge in [0.2, 0.25) is 5.91 Å². The first-order chi connectivity index (χ1) is 13.1. The van der Waals surface area contributed by atoms with Crippen molar-refractivity contribution in [1.82, 2.24) is 10.2 Å². The van der Waals surface area contributed by atoms with E-state index in [1.165, 1.54) is 0 Å². The van der Waals surface area contributed by atoms with Crippen molar-refractivity contribution in [3.05, 3.63) is 76.3 Å². The summed E-state index contributed by atoms with van der Waals surface area (Å²) in [5.74, 6) is -0.0408. The largest absolute Gasteiger partial charge is 0.403 e. The second-order valence-corrected chi connectivity index (χ2v) is 6.74. The molecule has 1 aromatic heterocycles. The molecule has 3 aromatic carbocycles. The molecule has 0 aliphatic rings. The zero-order chi connectivity index (χ0) is 18.8. The fourth-order valence-corrected chi connectivity index (χ4v) is 3.32. The quantitative estimate of drug-likeness (QED) is 0.501. The lowest BCUT2D eigenvalue weighted by atomic mass is 10.0. The molecule has 0 aliphatic heterocycles. The summed E-state index contributed by atoms with van der Waals surface area (Å²) in [6.45, 7) is 0. The predicted molar refractivity (Wildman–Crippen MR) is 106 cm³/mol. The highest BCUT2D eigenvalue weighted by molar-refractivity contribution is 6.36. The Labute approximate surface area is 164 Å². The highest BCUT2D eigenvalue weighted by Crippen LogP contribution is 2.30. The molecule has 0 fully saturated rings. The number of hydrogen-bond acceptors (Lipinski definition) is 4. The predicted octanol–water partition coefficient (Wildman–Crippen LogP) is 5.38. The number of anilines is 1. The van der Waals surface area contributed by atoms with E-state index in [4.69, 9.17) is 27.6 Å². The summed E-state index contributed by atoms with van der Waals surface area (Å²) in [6.07, 6.45) is 0.195. The number of amides is 1. The first-order valence-electron chi connectivity index (χ1n) is 8.15. The van der Waals surface area contributed by atoms with Gasteiger partial charge in [0.25, 0.3) is 5.89 Å². The molecule has 0 aliphatic carbocycles. The summed E-state index contributed by atoms with van der Waals surface area (Å²) >= 11 is 12.0. The second-order valence-electron chi connectivity index (χ2n) is 5.90. The number of benzene rings is 3. The van der Waals surface area contributed by atoms with Gasteiger partial charge in [-0.1, -0.05) is 70.8 Å². The van der Waals surface area contributed by atoms with Crippen LogP contribution in [0.1, 0.15) is 5.56 Å². The van der Waals surface area contributed by atoms with Crippen LogP contribution < -0.4 is 5.32 Å². The lowest BCUT2D eigenvalue weighted by molar-refractivity contribution is -0.115. The Morgan fingerprint density at radius 1 is 1.00 bits per heavy atom. The van der Waals surface area contributed by atoms with Gasteiger partial charge >= 0.3 is 6.01 Å². The van der Waals surface area contributed by atoms with Gasteiger partial charge in [0.15, 0.2) is 0 Å². The van der Waals surface area contributed by atoms with Crippen LogP contribution in [0.3, 0.4) is 0 Å². The Morgan fingerprint density at radius 2 is 1.81 bits per heavy atom. The molecule has 5 nitrogen and oxygen atoms in total. The number of nitrogens with one attached hydrogen (secondary N) is 1. The van der Waals surface area contributed by atoms with Crippen molar-refractivity contribution in [1.29, 1.82) is 0 Å². The van der Waals surface area contributed by atoms with Gasteiger partial charge < -0.3 is 4.42 Å². The van der Waals surface area contributed by atoms with Crippen LogP contribution in [0, 0.1) is 0 Å². The van der Waals surface area contributed by atoms with Crippen LogP contribution in [0.25, 0.3) is 22.2 Å². The fourth-order valence-electron chi connectivity index (χ4n) is 2.83. The van der Waals surface area contributed by atoms with E-state index < -0.39 is 0 Å². The van der Waals surface area contributed by atoms with Gasteiger partial charge in [-0.3, -0.25) is 10.1 Å². The van der Waals surface area contributed by atoms with Crippen molar-refractivity contribution in [2.24, 2.45) is 0 Å². The maximum absolute atomic E-state index is 12.4. The molecular weight excluding hydrogens is 385 g/mol. The van der Waals surface area contributed by atoms with Crippen LogP contribution in [0.5, 0.6) is 0 Å². The first kappa shape index (κ1) is 17.5. The minimum Gasteiger partial charge on any atom is -0.403 e. The highest BCUT2D eigenvalue weighted by atomic mass is 35.5. The summed E-state index contributed by atoms with van der Waals surface area (Å²) < 4.78 is 5.50. The molecule has 27 heavy (non-hydrogen) atoms. The molecule has 7 heteroatoms. The smallest absolute Gasteiger partial charge is 0.322 e. The molecule has 0 bridgehead atoms. The zero-order valence-corrected chi connectivity index (χ0v) is 15.5. The summed E-state index contributed by atoms with van der Waals surface area (Å²) in [6, 6.07) is 18.7. The topological polar surface area (TPSA) is 68.0 Å². The van der Waals surface area contributed by atoms with Gasteiger partial charge in [-0.25, -0.2) is 0 Å². The number of halogens is 2. The summed E-state index contributed by atoms with van der Waals surface area (Å²) in [5, 5.41) is 13.4. The van der Waals surface area contributed by atoms with Crippen molar-refractivity contribution >= 4 is 45.9 Å². The van der Waals surface area contributed by atoms with Gasteiger partial charge in [-0.15, -0.1) is 5.10 Å². The van der Waals surface area contributed by atoms with Gasteiger partial charge in [-0.2, -0.15) is 0 Å². The second kappa shape index (κ2) is 7.39. The third kappa shape index (κ3) is 3.79. The number of nitrogens with zero attached hydrogens (tertiary/aromatic N) is 2. The van der Waals surface area contributed by atoms with E-state index >= 15 is 0 Å². The number of rotatable bonds is 4. The van der Waals surface area contributed by atoms with E-state index in [1.807, 2.05) is 42.5 Å². The molecule has 4 aromatic rings. The van der Waals surface area contributed by atoms with Crippen LogP contribution in [0.2, 0.25) is 10.0 Å². The van der Waals surface area contributed by atoms with E-state index in [-0.39, 0.29) is 24.2 Å². The Morgan fingerprint density at radius 3 is 2.67 bits per heavy atom. The van der Waals surface area contributed by atoms with Crippen LogP contribution in [-0.2, 0) is 11.2 Å². The average molecular weight is 398 g/mol. The van der Waals surface area contributed by atoms with E-state index in [0.717, 1.165) is 16.3 Å². The standard InChI is InChI=1S/C20H13Cl2N3O2/c21-14-8-9-16(17(22)11-14)19-24-25-20(27-19)23-18(26)10-13-6-3-5-12-4-1-2-7-15(12)13/h1-9,11H,10H2,(H,23,25,26). The minimum atomic E-state index is -0.247. The monoisotopic (exact) mass is 397 g/mol. The van der Waals surface area contributed by atoms with Crippen molar-refractivity contribution in [3.8, 4) is 11.5 Å². The summed E-state index contributed by atoms with van der Waals surface area (Å²) in [7, 11) is 0. The lowest BCUT2D eigenvalue weighted by Gasteiger charge is -2.05. The number of carbonyl (C=O) groups is 1. The molecule has 1 heterocycles. The molecule has 1 N–H and O–H groups in total. The third-order valence-electron chi connectivity index (χ3n) is 4.06. The Hall–Kier alpha value is -2.89. The van der Waals surface area contributed by atoms with Gasteiger partial charge in [0.1, 0.15) is 0 Å². The van der Waals surface area contributed by atoms with E-state index in [0.29, 0.717) is 15.6 Å². The lowest BCUT2D eigenvalue weighted by Crippen LogP contribution is -2.14. The van der Waals surface area contributed by atoms with Crippen molar-refractivity contribution in [2.45, 2.75) is 6.42 Å². The van der Waals surface area contributed by atoms with Gasteiger partial charge in [0.05, 0.1) is 17.0 Å². The Kier molecular flexibility index (Phi) is 4.79. The highest BCUT2D eigenvalue weighted by Gasteiger charge is 2.15. The number of fused-ring (bicyclic) bond motifs is 1. The van der Waals surface area contributed by atoms with E-state index in [9.17, 15) is 4.79 Å². The van der Waals surface area contributed by atoms with Crippen LogP contribution in [0.15, 0.2) is 65.1 Å². The van der Waals surface area contributed by atoms with Gasteiger partial charge in [0, 0.05) is 5.02 Å². The fraction of sp³-hybridized carbons (Fsp3) is 0.0500. The molecule has 0 unspecified atom stereocenters. The molecule has 0 spiro atoms. The first-order valence-corrected chi connectivity index (χ1v) is 8.91. The summed E-state index contributed by atoms with van der Waals surface area (Å²) in [4.78, 5) is 12.4. The summed E-state index contributed by atoms with van der Waals surface area (Å²) in [5.41, 5.74) is 1.47. The molecule has 134 valence electrons. The van der Waals surface area contributed by atoms with Crippen molar-refractivity contribution in [2.75, 3.05) is 5.32 Å². The minimum absolute atomic E-state index is 0.0150.